The molecule has 0 saturated heterocycles. The van der Waals surface area contributed by atoms with E-state index in [1.807, 2.05) is 6.92 Å². The van der Waals surface area contributed by atoms with E-state index in [1.165, 1.54) is 5.57 Å². The van der Waals surface area contributed by atoms with Gasteiger partial charge in [-0.1, -0.05) is 5.57 Å². The van der Waals surface area contributed by atoms with Crippen LogP contribution in [0.4, 0.5) is 0 Å². The van der Waals surface area contributed by atoms with E-state index in [0.29, 0.717) is 0 Å². The highest BCUT2D eigenvalue weighted by Crippen LogP contribution is 1.86. The highest BCUT2D eigenvalue weighted by atomic mass is 14.9. The van der Waals surface area contributed by atoms with Gasteiger partial charge in [-0.2, -0.15) is 0 Å². The summed E-state index contributed by atoms with van der Waals surface area (Å²) in [6, 6.07) is 0. The zero-order valence-corrected chi connectivity index (χ0v) is 6.81. The fraction of sp³-hybridized carbons (Fsp3) is 0.625. The van der Waals surface area contributed by atoms with E-state index in [0.717, 1.165) is 6.54 Å². The van der Waals surface area contributed by atoms with Crippen molar-refractivity contribution in [3.8, 4) is 0 Å². The molecule has 0 atom stereocenters. The van der Waals surface area contributed by atoms with Crippen molar-refractivity contribution in [1.82, 2.24) is 0 Å². The van der Waals surface area contributed by atoms with Gasteiger partial charge in [-0.05, 0) is 19.9 Å². The van der Waals surface area contributed by atoms with Crippen LogP contribution in [0.25, 0.3) is 0 Å². The molecule has 0 spiro atoms. The summed E-state index contributed by atoms with van der Waals surface area (Å²) in [5.41, 5.74) is 1.38. The van der Waals surface area contributed by atoms with Crippen LogP contribution in [0.1, 0.15) is 20.8 Å². The first-order valence-corrected chi connectivity index (χ1v) is 3.30. The predicted molar refractivity (Wildman–Crippen MR) is 42.2 cm³/mol. The second kappa shape index (κ2) is 4.30. The third kappa shape index (κ3) is 5.28. The molecule has 0 fully saturated rings. The Kier molecular flexibility index (Phi) is 4.02. The molecule has 0 amide bonds. The van der Waals surface area contributed by atoms with Gasteiger partial charge < -0.3 is 0 Å². The van der Waals surface area contributed by atoms with Gasteiger partial charge in [0.2, 0.25) is 0 Å². The van der Waals surface area contributed by atoms with Gasteiger partial charge in [0.1, 0.15) is 13.3 Å². The fourth-order valence-corrected chi connectivity index (χ4v) is 0.432. The van der Waals surface area contributed by atoms with E-state index in [4.69, 9.17) is 0 Å². The van der Waals surface area contributed by atoms with Crippen molar-refractivity contribution >= 4 is 6.21 Å². The second-order valence-corrected chi connectivity index (χ2v) is 2.48. The van der Waals surface area contributed by atoms with Crippen LogP contribution < -0.4 is 0 Å². The van der Waals surface area contributed by atoms with Gasteiger partial charge >= 0.3 is 0 Å². The Bertz CT molecular complexity index is 128. The molecule has 0 aromatic carbocycles. The van der Waals surface area contributed by atoms with Crippen molar-refractivity contribution in [2.24, 2.45) is 0 Å². The summed E-state index contributed by atoms with van der Waals surface area (Å²) in [6.45, 7) is 7.30. The van der Waals surface area contributed by atoms with E-state index in [9.17, 15) is 0 Å². The fourth-order valence-electron chi connectivity index (χ4n) is 0.432. The SMILES string of the molecule is CC=[N+](C)CC=C(C)C. The van der Waals surface area contributed by atoms with Crippen LogP contribution in [0.2, 0.25) is 0 Å². The van der Waals surface area contributed by atoms with Crippen molar-refractivity contribution in [3.63, 3.8) is 0 Å². The van der Waals surface area contributed by atoms with Gasteiger partial charge in [0.25, 0.3) is 0 Å². The molecule has 0 radical (unpaired) electrons. The Morgan fingerprint density at radius 1 is 1.44 bits per heavy atom. The predicted octanol–water partition coefficient (Wildman–Crippen LogP) is 1.69. The Morgan fingerprint density at radius 2 is 2.00 bits per heavy atom. The van der Waals surface area contributed by atoms with Crippen molar-refractivity contribution < 1.29 is 4.58 Å². The third-order valence-corrected chi connectivity index (χ3v) is 1.23. The van der Waals surface area contributed by atoms with E-state index < -0.39 is 0 Å². The number of likely N-dealkylation sites (N-methyl/N-ethyl adjacent to an activating group) is 1. The van der Waals surface area contributed by atoms with E-state index in [2.05, 4.69) is 37.8 Å². The molecule has 9 heavy (non-hydrogen) atoms. The smallest absolute Gasteiger partial charge is 0.160 e. The average molecular weight is 126 g/mol. The van der Waals surface area contributed by atoms with Gasteiger partial charge in [-0.15, -0.1) is 0 Å². The number of allylic oxidation sites excluding steroid dienone is 1. The van der Waals surface area contributed by atoms with Crippen molar-refractivity contribution in [1.29, 1.82) is 0 Å². The zero-order chi connectivity index (χ0) is 7.28. The quantitative estimate of drug-likeness (QED) is 0.301. The minimum Gasteiger partial charge on any atom is -0.239 e. The topological polar surface area (TPSA) is 3.01 Å². The normalized spacial score (nSPS) is 11.3. The lowest BCUT2D eigenvalue weighted by Crippen LogP contribution is -2.04. The second-order valence-electron chi connectivity index (χ2n) is 2.48. The maximum absolute atomic E-state index is 2.21. The van der Waals surface area contributed by atoms with Crippen LogP contribution >= 0.6 is 0 Å². The molecule has 0 N–H and O–H groups in total. The Balaban J connectivity index is 3.64. The summed E-state index contributed by atoms with van der Waals surface area (Å²) in [4.78, 5) is 0. The maximum Gasteiger partial charge on any atom is 0.160 e. The largest absolute Gasteiger partial charge is 0.239 e. The lowest BCUT2D eigenvalue weighted by Gasteiger charge is -1.89. The van der Waals surface area contributed by atoms with E-state index in [-0.39, 0.29) is 0 Å². The van der Waals surface area contributed by atoms with Crippen LogP contribution in [0.3, 0.4) is 0 Å². The van der Waals surface area contributed by atoms with Gasteiger partial charge in [0.15, 0.2) is 6.54 Å². The van der Waals surface area contributed by atoms with Gasteiger partial charge in [0.05, 0.1) is 0 Å². The van der Waals surface area contributed by atoms with Gasteiger partial charge in [0, 0.05) is 6.92 Å². The van der Waals surface area contributed by atoms with Crippen LogP contribution in [0.15, 0.2) is 11.6 Å². The maximum atomic E-state index is 2.21. The first kappa shape index (κ1) is 8.41. The van der Waals surface area contributed by atoms with Crippen molar-refractivity contribution in [3.05, 3.63) is 11.6 Å². The van der Waals surface area contributed by atoms with Crippen LogP contribution in [0.5, 0.6) is 0 Å². The number of rotatable bonds is 2. The zero-order valence-electron chi connectivity index (χ0n) is 6.81. The lowest BCUT2D eigenvalue weighted by atomic mass is 10.3. The number of hydrogen-bond donors (Lipinski definition) is 0. The molecule has 1 heteroatoms. The minimum atomic E-state index is 1.03. The van der Waals surface area contributed by atoms with Gasteiger partial charge in [-0.3, -0.25) is 0 Å². The van der Waals surface area contributed by atoms with E-state index in [1.54, 1.807) is 0 Å². The minimum absolute atomic E-state index is 1.03. The summed E-state index contributed by atoms with van der Waals surface area (Å²) >= 11 is 0. The van der Waals surface area contributed by atoms with Gasteiger partial charge in [-0.25, -0.2) is 4.58 Å². The molecule has 0 saturated carbocycles. The molecule has 0 aromatic heterocycles. The monoisotopic (exact) mass is 126 g/mol. The average Bonchev–Trinajstić information content (AvgIpc) is 1.83. The molecule has 52 valence electrons. The Labute approximate surface area is 57.7 Å². The highest BCUT2D eigenvalue weighted by Gasteiger charge is 1.86. The first-order valence-electron chi connectivity index (χ1n) is 3.30. The molecule has 0 heterocycles. The lowest BCUT2D eigenvalue weighted by molar-refractivity contribution is -0.481. The van der Waals surface area contributed by atoms with Crippen molar-refractivity contribution in [2.75, 3.05) is 13.6 Å². The van der Waals surface area contributed by atoms with E-state index >= 15 is 0 Å². The molecule has 0 rings (SSSR count). The Morgan fingerprint density at radius 3 is 2.33 bits per heavy atom. The summed E-state index contributed by atoms with van der Waals surface area (Å²) in [6.07, 6.45) is 4.28. The molecular weight excluding hydrogens is 110 g/mol. The molecule has 0 aliphatic rings. The van der Waals surface area contributed by atoms with Crippen LogP contribution in [-0.2, 0) is 0 Å². The van der Waals surface area contributed by atoms with Crippen molar-refractivity contribution in [2.45, 2.75) is 20.8 Å². The molecule has 0 unspecified atom stereocenters. The molecular formula is C8H16N+. The number of hydrogen-bond acceptors (Lipinski definition) is 0. The third-order valence-electron chi connectivity index (χ3n) is 1.23. The summed E-state index contributed by atoms with van der Waals surface area (Å²) in [5.74, 6) is 0. The molecule has 0 aliphatic carbocycles. The summed E-state index contributed by atoms with van der Waals surface area (Å²) in [5, 5.41) is 0. The molecule has 0 bridgehead atoms. The molecule has 0 aliphatic heterocycles. The molecule has 0 aromatic rings. The van der Waals surface area contributed by atoms with Crippen LogP contribution in [0, 0.1) is 0 Å². The summed E-state index contributed by atoms with van der Waals surface area (Å²) in [7, 11) is 2.07. The Hall–Kier alpha value is -0.590. The van der Waals surface area contributed by atoms with Crippen LogP contribution in [-0.4, -0.2) is 24.4 Å². The molecule has 1 nitrogen and oxygen atoms in total. The summed E-state index contributed by atoms with van der Waals surface area (Å²) < 4.78 is 2.15. The first-order chi connectivity index (χ1) is 4.16. The standard InChI is InChI=1S/C8H16N/c1-5-9(4)7-6-8(2)3/h5-6H,7H2,1-4H3/q+1. The number of nitrogens with zero attached hydrogens (tertiary/aromatic N) is 1. The highest BCUT2D eigenvalue weighted by molar-refractivity contribution is 5.46.